The van der Waals surface area contributed by atoms with Crippen LogP contribution in [0.5, 0.6) is 0 Å². The number of aromatic nitrogens is 3. The second-order valence-corrected chi connectivity index (χ2v) is 8.01. The van der Waals surface area contributed by atoms with Gasteiger partial charge in [0.1, 0.15) is 11.9 Å². The van der Waals surface area contributed by atoms with Crippen LogP contribution in [0.15, 0.2) is 48.7 Å². The van der Waals surface area contributed by atoms with E-state index in [1.165, 1.54) is 24.4 Å². The molecule has 0 radical (unpaired) electrons. The zero-order valence-corrected chi connectivity index (χ0v) is 18.2. The summed E-state index contributed by atoms with van der Waals surface area (Å²) in [5.41, 5.74) is 3.89. The maximum Gasteiger partial charge on any atom is 0.450 e. The first kappa shape index (κ1) is 25.2. The van der Waals surface area contributed by atoms with E-state index < -0.39 is 41.9 Å². The van der Waals surface area contributed by atoms with E-state index in [9.17, 15) is 36.2 Å². The number of esters is 1. The van der Waals surface area contributed by atoms with Crippen LogP contribution < -0.4 is 5.73 Å². The summed E-state index contributed by atoms with van der Waals surface area (Å²) < 4.78 is 88.0. The predicted molar refractivity (Wildman–Crippen MR) is 116 cm³/mol. The van der Waals surface area contributed by atoms with Gasteiger partial charge in [0, 0.05) is 29.9 Å². The van der Waals surface area contributed by atoms with Gasteiger partial charge in [-0.05, 0) is 30.3 Å². The quantitative estimate of drug-likeness (QED) is 0.386. The molecule has 1 saturated heterocycles. The average molecular weight is 512 g/mol. The van der Waals surface area contributed by atoms with Gasteiger partial charge in [0.15, 0.2) is 0 Å². The normalized spacial score (nSPS) is 19.0. The number of nitrogen functional groups attached to an aromatic ring is 1. The summed E-state index contributed by atoms with van der Waals surface area (Å²) in [6.07, 6.45) is -8.95. The Labute approximate surface area is 199 Å². The van der Waals surface area contributed by atoms with E-state index in [0.717, 1.165) is 24.4 Å². The molecule has 0 aliphatic carbocycles. The van der Waals surface area contributed by atoms with Crippen molar-refractivity contribution in [1.29, 1.82) is 0 Å². The number of aliphatic hydroxyl groups excluding tert-OH is 1. The zero-order chi connectivity index (χ0) is 26.3. The third-order valence-corrected chi connectivity index (χ3v) is 5.32. The molecule has 0 spiro atoms. The molecular weight excluding hydrogens is 494 g/mol. The lowest BCUT2D eigenvalue weighted by atomic mass is 10.0. The van der Waals surface area contributed by atoms with Gasteiger partial charge in [-0.3, -0.25) is 9.36 Å². The number of aliphatic hydroxyl groups is 1. The number of halogens is 6. The molecule has 3 aromatic rings. The van der Waals surface area contributed by atoms with E-state index in [4.69, 9.17) is 10.5 Å². The minimum Gasteiger partial charge on any atom is -0.458 e. The van der Waals surface area contributed by atoms with Crippen LogP contribution in [-0.4, -0.2) is 37.8 Å². The van der Waals surface area contributed by atoms with E-state index in [-0.39, 0.29) is 41.2 Å². The number of rotatable bonds is 4. The number of carbonyl (C=O) groups excluding carboxylic acids is 1. The van der Waals surface area contributed by atoms with Crippen molar-refractivity contribution in [2.24, 2.45) is 0 Å². The molecule has 0 bridgehead atoms. The first-order valence-corrected chi connectivity index (χ1v) is 10.5. The first-order chi connectivity index (χ1) is 16.8. The van der Waals surface area contributed by atoms with Crippen LogP contribution >= 0.6 is 0 Å². The van der Waals surface area contributed by atoms with Gasteiger partial charge in [0.2, 0.25) is 5.82 Å². The number of nitrogens with zero attached hydrogens (tertiary/aromatic N) is 3. The van der Waals surface area contributed by atoms with E-state index in [1.54, 1.807) is 0 Å². The minimum atomic E-state index is -5.01. The summed E-state index contributed by atoms with van der Waals surface area (Å²) in [6.45, 7) is 0. The Morgan fingerprint density at radius 2 is 1.83 bits per heavy atom. The second-order valence-electron chi connectivity index (χ2n) is 8.01. The van der Waals surface area contributed by atoms with Gasteiger partial charge in [-0.25, -0.2) is 9.97 Å². The molecule has 7 nitrogen and oxygen atoms in total. The Balaban J connectivity index is 1.96. The third-order valence-electron chi connectivity index (χ3n) is 5.32. The highest BCUT2D eigenvalue weighted by atomic mass is 19.4. The number of anilines is 1. The summed E-state index contributed by atoms with van der Waals surface area (Å²) in [6, 6.07) is 6.35. The molecule has 1 fully saturated rings. The molecule has 2 aromatic heterocycles. The van der Waals surface area contributed by atoms with Gasteiger partial charge in [-0.1, -0.05) is 12.1 Å². The van der Waals surface area contributed by atoms with E-state index >= 15 is 0 Å². The van der Waals surface area contributed by atoms with Crippen molar-refractivity contribution in [3.05, 3.63) is 60.1 Å². The fourth-order valence-corrected chi connectivity index (χ4v) is 3.80. The summed E-state index contributed by atoms with van der Waals surface area (Å²) in [7, 11) is 0. The number of imidazole rings is 1. The largest absolute Gasteiger partial charge is 0.458 e. The monoisotopic (exact) mass is 512 g/mol. The van der Waals surface area contributed by atoms with Crippen LogP contribution in [0.3, 0.4) is 0 Å². The number of nitrogens with two attached hydrogens (primary N) is 1. The smallest absolute Gasteiger partial charge is 0.450 e. The molecular formula is C23H18F6N4O3. The van der Waals surface area contributed by atoms with Crippen LogP contribution in [0.25, 0.3) is 28.7 Å². The molecule has 1 aliphatic rings. The standard InChI is InChI=1S/C23H18F6N4O3/c24-22(25,26)14-3-1-2-13(8-14)20-19(12-4-6-31-17(30)9-12)32-21(23(27,28)29)33(20)7-5-16-10-15(34)11-18(35)36-16/h1-9,15-16,34H,10-11H2,(H2,30,31)/t15-,16-/m1/s1. The van der Waals surface area contributed by atoms with Crippen molar-refractivity contribution in [2.45, 2.75) is 37.4 Å². The molecule has 190 valence electrons. The number of ether oxygens (including phenoxy) is 1. The van der Waals surface area contributed by atoms with Crippen molar-refractivity contribution >= 4 is 18.0 Å². The van der Waals surface area contributed by atoms with E-state index in [2.05, 4.69) is 9.97 Å². The number of alkyl halides is 6. The lowest BCUT2D eigenvalue weighted by Gasteiger charge is -2.23. The van der Waals surface area contributed by atoms with Gasteiger partial charge < -0.3 is 15.6 Å². The number of hydrogen-bond acceptors (Lipinski definition) is 6. The Bertz CT molecular complexity index is 1320. The SMILES string of the molecule is Nc1cc(-c2nc(C(F)(F)F)n(C=C[C@@H]3C[C@@H](O)CC(=O)O3)c2-c2cccc(C(F)(F)F)c2)ccn1. The highest BCUT2D eigenvalue weighted by Gasteiger charge is 2.40. The molecule has 0 saturated carbocycles. The number of benzene rings is 1. The molecule has 0 amide bonds. The molecule has 13 heteroatoms. The van der Waals surface area contributed by atoms with Crippen molar-refractivity contribution in [1.82, 2.24) is 14.5 Å². The zero-order valence-electron chi connectivity index (χ0n) is 18.2. The maximum atomic E-state index is 14.1. The van der Waals surface area contributed by atoms with Crippen LogP contribution in [-0.2, 0) is 21.9 Å². The lowest BCUT2D eigenvalue weighted by molar-refractivity contribution is -0.156. The molecule has 36 heavy (non-hydrogen) atoms. The van der Waals surface area contributed by atoms with Crippen molar-refractivity contribution < 1.29 is 41.0 Å². The number of hydrogen-bond donors (Lipinski definition) is 2. The van der Waals surface area contributed by atoms with E-state index in [0.29, 0.717) is 10.6 Å². The van der Waals surface area contributed by atoms with Crippen LogP contribution in [0.1, 0.15) is 24.2 Å². The molecule has 1 aromatic carbocycles. The number of carbonyl (C=O) groups is 1. The first-order valence-electron chi connectivity index (χ1n) is 10.5. The van der Waals surface area contributed by atoms with Crippen LogP contribution in [0.4, 0.5) is 32.2 Å². The number of pyridine rings is 1. The third kappa shape index (κ3) is 5.35. The van der Waals surface area contributed by atoms with Crippen molar-refractivity contribution in [2.75, 3.05) is 5.73 Å². The predicted octanol–water partition coefficient (Wildman–Crippen LogP) is 4.77. The van der Waals surface area contributed by atoms with Gasteiger partial charge in [-0.2, -0.15) is 26.3 Å². The molecule has 3 heterocycles. The second kappa shape index (κ2) is 9.30. The highest BCUT2D eigenvalue weighted by molar-refractivity contribution is 5.82. The fourth-order valence-electron chi connectivity index (χ4n) is 3.80. The number of cyclic esters (lactones) is 1. The van der Waals surface area contributed by atoms with Crippen LogP contribution in [0.2, 0.25) is 0 Å². The Hall–Kier alpha value is -3.87. The molecule has 0 unspecified atom stereocenters. The Kier molecular flexibility index (Phi) is 6.52. The molecule has 1 aliphatic heterocycles. The average Bonchev–Trinajstić information content (AvgIpc) is 3.17. The maximum absolute atomic E-state index is 14.1. The van der Waals surface area contributed by atoms with Gasteiger partial charge in [0.25, 0.3) is 0 Å². The molecule has 2 atom stereocenters. The van der Waals surface area contributed by atoms with Crippen molar-refractivity contribution in [3.63, 3.8) is 0 Å². The van der Waals surface area contributed by atoms with Gasteiger partial charge >= 0.3 is 18.3 Å². The summed E-state index contributed by atoms with van der Waals surface area (Å²) in [5.74, 6) is -2.21. The Morgan fingerprint density at radius 3 is 2.47 bits per heavy atom. The van der Waals surface area contributed by atoms with Gasteiger partial charge in [0.05, 0.1) is 29.5 Å². The molecule has 4 rings (SSSR count). The lowest BCUT2D eigenvalue weighted by Crippen LogP contribution is -2.31. The fraction of sp³-hybridized carbons (Fsp3) is 0.261. The van der Waals surface area contributed by atoms with E-state index in [1.807, 2.05) is 0 Å². The highest BCUT2D eigenvalue weighted by Crippen LogP contribution is 2.41. The van der Waals surface area contributed by atoms with Gasteiger partial charge in [-0.15, -0.1) is 0 Å². The summed E-state index contributed by atoms with van der Waals surface area (Å²) >= 11 is 0. The molecule has 3 N–H and O–H groups in total. The topological polar surface area (TPSA) is 103 Å². The summed E-state index contributed by atoms with van der Waals surface area (Å²) in [5, 5.41) is 9.79. The Morgan fingerprint density at radius 1 is 1.08 bits per heavy atom. The minimum absolute atomic E-state index is 0.0377. The van der Waals surface area contributed by atoms with Crippen molar-refractivity contribution in [3.8, 4) is 22.5 Å². The van der Waals surface area contributed by atoms with Crippen LogP contribution in [0, 0.1) is 0 Å². The summed E-state index contributed by atoms with van der Waals surface area (Å²) in [4.78, 5) is 19.1.